The van der Waals surface area contributed by atoms with E-state index in [0.29, 0.717) is 11.4 Å². The maximum absolute atomic E-state index is 12.5. The van der Waals surface area contributed by atoms with Gasteiger partial charge in [-0.15, -0.1) is 0 Å². The monoisotopic (exact) mass is 348 g/mol. The van der Waals surface area contributed by atoms with Gasteiger partial charge in [-0.25, -0.2) is 8.42 Å². The van der Waals surface area contributed by atoms with Crippen LogP contribution in [0.15, 0.2) is 46.2 Å². The Bertz CT molecular complexity index is 831. The number of benzene rings is 2. The van der Waals surface area contributed by atoms with E-state index in [1.165, 1.54) is 19.2 Å². The third kappa shape index (κ3) is 3.97. The first kappa shape index (κ1) is 17.2. The Morgan fingerprint density at radius 1 is 1.13 bits per heavy atom. The smallest absolute Gasteiger partial charge is 0.261 e. The van der Waals surface area contributed by atoms with Gasteiger partial charge in [-0.2, -0.15) is 5.26 Å². The summed E-state index contributed by atoms with van der Waals surface area (Å²) in [6, 6.07) is 9.75. The van der Waals surface area contributed by atoms with Crippen LogP contribution < -0.4 is 9.46 Å². The van der Waals surface area contributed by atoms with Crippen LogP contribution in [0.1, 0.15) is 11.1 Å². The molecule has 2 aromatic rings. The summed E-state index contributed by atoms with van der Waals surface area (Å²) in [6.45, 7) is 3.61. The summed E-state index contributed by atoms with van der Waals surface area (Å²) in [5, 5.41) is 10.7. The zero-order valence-electron chi connectivity index (χ0n) is 13.0. The third-order valence-electron chi connectivity index (χ3n) is 3.28. The van der Waals surface area contributed by atoms with Crippen molar-refractivity contribution in [2.75, 3.05) is 11.8 Å². The number of hydrogen-bond donors (Lipinski definition) is 1. The SMILES string of the molecule is COc1ccc(S(=O)(=O)Nc2c(C)cc(SC#N)cc2C)cc1. The van der Waals surface area contributed by atoms with Gasteiger partial charge >= 0.3 is 0 Å². The van der Waals surface area contributed by atoms with E-state index in [4.69, 9.17) is 10.00 Å². The maximum atomic E-state index is 12.5. The summed E-state index contributed by atoms with van der Waals surface area (Å²) in [5.41, 5.74) is 2.06. The molecule has 0 amide bonds. The summed E-state index contributed by atoms with van der Waals surface area (Å²) < 4.78 is 32.7. The molecule has 0 bridgehead atoms. The Hall–Kier alpha value is -2.17. The van der Waals surface area contributed by atoms with Gasteiger partial charge in [0.05, 0.1) is 17.7 Å². The molecule has 0 aliphatic carbocycles. The standard InChI is InChI=1S/C16H16N2O3S2/c1-11-8-14(22-10-17)9-12(2)16(11)18-23(19,20)15-6-4-13(21-3)5-7-15/h4-9,18H,1-3H3. The molecule has 5 nitrogen and oxygen atoms in total. The van der Waals surface area contributed by atoms with Crippen molar-refractivity contribution < 1.29 is 13.2 Å². The molecule has 0 radical (unpaired) electrons. The molecule has 2 aromatic carbocycles. The van der Waals surface area contributed by atoms with Crippen LogP contribution in [0.2, 0.25) is 0 Å². The molecule has 23 heavy (non-hydrogen) atoms. The lowest BCUT2D eigenvalue weighted by molar-refractivity contribution is 0.414. The van der Waals surface area contributed by atoms with Gasteiger partial charge in [0.15, 0.2) is 0 Å². The molecule has 0 saturated heterocycles. The van der Waals surface area contributed by atoms with Crippen molar-refractivity contribution in [3.63, 3.8) is 0 Å². The number of methoxy groups -OCH3 is 1. The normalized spacial score (nSPS) is 10.9. The first-order valence-corrected chi connectivity index (χ1v) is 9.01. The highest BCUT2D eigenvalue weighted by molar-refractivity contribution is 8.03. The van der Waals surface area contributed by atoms with Gasteiger partial charge in [-0.1, -0.05) is 0 Å². The van der Waals surface area contributed by atoms with Gasteiger partial charge in [-0.3, -0.25) is 4.72 Å². The molecule has 0 atom stereocenters. The summed E-state index contributed by atoms with van der Waals surface area (Å²) in [6.07, 6.45) is 0. The van der Waals surface area contributed by atoms with Crippen molar-refractivity contribution in [2.24, 2.45) is 0 Å². The zero-order chi connectivity index (χ0) is 17.0. The second-order valence-corrected chi connectivity index (χ2v) is 7.45. The van der Waals surface area contributed by atoms with Gasteiger partial charge in [0.1, 0.15) is 11.2 Å². The third-order valence-corrected chi connectivity index (χ3v) is 5.20. The van der Waals surface area contributed by atoms with E-state index >= 15 is 0 Å². The van der Waals surface area contributed by atoms with Crippen LogP contribution >= 0.6 is 11.8 Å². The van der Waals surface area contributed by atoms with Crippen molar-refractivity contribution in [3.05, 3.63) is 47.5 Å². The second-order valence-electron chi connectivity index (χ2n) is 4.91. The lowest BCUT2D eigenvalue weighted by Gasteiger charge is -2.14. The van der Waals surface area contributed by atoms with Crippen LogP contribution in [0.3, 0.4) is 0 Å². The molecule has 0 spiro atoms. The van der Waals surface area contributed by atoms with E-state index in [2.05, 4.69) is 4.72 Å². The van der Waals surface area contributed by atoms with Crippen molar-refractivity contribution in [1.29, 1.82) is 5.26 Å². The Morgan fingerprint density at radius 2 is 1.70 bits per heavy atom. The maximum Gasteiger partial charge on any atom is 0.261 e. The number of nitrogens with zero attached hydrogens (tertiary/aromatic N) is 1. The van der Waals surface area contributed by atoms with Gasteiger partial charge in [-0.05, 0) is 73.1 Å². The quantitative estimate of drug-likeness (QED) is 0.658. The fourth-order valence-corrected chi connectivity index (χ4v) is 3.92. The number of nitrogens with one attached hydrogen (secondary N) is 1. The van der Waals surface area contributed by atoms with E-state index in [0.717, 1.165) is 27.8 Å². The van der Waals surface area contributed by atoms with Gasteiger partial charge in [0.2, 0.25) is 0 Å². The molecule has 0 unspecified atom stereocenters. The molecule has 120 valence electrons. The topological polar surface area (TPSA) is 79.2 Å². The summed E-state index contributed by atoms with van der Waals surface area (Å²) >= 11 is 1.05. The lowest BCUT2D eigenvalue weighted by Crippen LogP contribution is -2.14. The first-order chi connectivity index (χ1) is 10.9. The number of thioether (sulfide) groups is 1. The molecule has 0 saturated carbocycles. The van der Waals surface area contributed by atoms with Crippen molar-refractivity contribution in [1.82, 2.24) is 0 Å². The summed E-state index contributed by atoms with van der Waals surface area (Å²) in [5.74, 6) is 0.592. The van der Waals surface area contributed by atoms with E-state index in [1.807, 2.05) is 5.40 Å². The van der Waals surface area contributed by atoms with Crippen LogP contribution in [0.4, 0.5) is 5.69 Å². The van der Waals surface area contributed by atoms with Crippen LogP contribution in [0, 0.1) is 24.5 Å². The molecule has 0 aliphatic heterocycles. The van der Waals surface area contributed by atoms with Crippen LogP contribution in [0.5, 0.6) is 5.75 Å². The number of sulfonamides is 1. The Morgan fingerprint density at radius 3 is 2.17 bits per heavy atom. The minimum Gasteiger partial charge on any atom is -0.497 e. The fourth-order valence-electron chi connectivity index (χ4n) is 2.14. The summed E-state index contributed by atoms with van der Waals surface area (Å²) in [7, 11) is -2.16. The lowest BCUT2D eigenvalue weighted by atomic mass is 10.1. The molecular weight excluding hydrogens is 332 g/mol. The van der Waals surface area contributed by atoms with Gasteiger partial charge in [0.25, 0.3) is 10.0 Å². The molecule has 7 heteroatoms. The van der Waals surface area contributed by atoms with Gasteiger partial charge < -0.3 is 4.74 Å². The Labute approximate surface area is 140 Å². The van der Waals surface area contributed by atoms with Crippen molar-refractivity contribution in [2.45, 2.75) is 23.6 Å². The predicted molar refractivity (Wildman–Crippen MR) is 91.2 cm³/mol. The van der Waals surface area contributed by atoms with Crippen molar-refractivity contribution in [3.8, 4) is 11.2 Å². The highest BCUT2D eigenvalue weighted by Gasteiger charge is 2.17. The van der Waals surface area contributed by atoms with Gasteiger partial charge in [0, 0.05) is 4.90 Å². The average molecular weight is 348 g/mol. The van der Waals surface area contributed by atoms with E-state index in [1.54, 1.807) is 38.1 Å². The second kappa shape index (κ2) is 6.94. The van der Waals surface area contributed by atoms with Crippen molar-refractivity contribution >= 4 is 27.5 Å². The fraction of sp³-hybridized carbons (Fsp3) is 0.188. The van der Waals surface area contributed by atoms with E-state index in [9.17, 15) is 8.42 Å². The Kier molecular flexibility index (Phi) is 5.19. The minimum absolute atomic E-state index is 0.160. The largest absolute Gasteiger partial charge is 0.497 e. The van der Waals surface area contributed by atoms with E-state index in [-0.39, 0.29) is 4.90 Å². The number of rotatable bonds is 5. The number of ether oxygens (including phenoxy) is 1. The molecule has 0 aromatic heterocycles. The first-order valence-electron chi connectivity index (χ1n) is 6.71. The molecule has 0 heterocycles. The Balaban J connectivity index is 2.35. The number of thiocyanates is 1. The molecule has 0 aliphatic rings. The molecular formula is C16H16N2O3S2. The summed E-state index contributed by atoms with van der Waals surface area (Å²) in [4.78, 5) is 0.947. The molecule has 2 rings (SSSR count). The molecule has 0 fully saturated rings. The average Bonchev–Trinajstić information content (AvgIpc) is 2.51. The van der Waals surface area contributed by atoms with Crippen LogP contribution in [-0.2, 0) is 10.0 Å². The predicted octanol–water partition coefficient (Wildman–Crippen LogP) is 3.69. The minimum atomic E-state index is -3.69. The van der Waals surface area contributed by atoms with Crippen LogP contribution in [0.25, 0.3) is 0 Å². The number of anilines is 1. The number of nitriles is 1. The number of aryl methyl sites for hydroxylation is 2. The molecule has 1 N–H and O–H groups in total. The highest BCUT2D eigenvalue weighted by Crippen LogP contribution is 2.29. The van der Waals surface area contributed by atoms with E-state index < -0.39 is 10.0 Å². The van der Waals surface area contributed by atoms with Crippen LogP contribution in [-0.4, -0.2) is 15.5 Å². The highest BCUT2D eigenvalue weighted by atomic mass is 32.2. The zero-order valence-corrected chi connectivity index (χ0v) is 14.6. The number of hydrogen-bond acceptors (Lipinski definition) is 5.